The Morgan fingerprint density at radius 1 is 1.50 bits per heavy atom. The van der Waals surface area contributed by atoms with Gasteiger partial charge in [0, 0.05) is 6.54 Å². The first-order valence-electron chi connectivity index (χ1n) is 4.57. The molecule has 0 aliphatic heterocycles. The van der Waals surface area contributed by atoms with Gasteiger partial charge < -0.3 is 4.74 Å². The molecule has 1 rings (SSSR count). The zero-order valence-electron chi connectivity index (χ0n) is 8.68. The van der Waals surface area contributed by atoms with Crippen LogP contribution in [0.25, 0.3) is 0 Å². The van der Waals surface area contributed by atoms with Gasteiger partial charge in [-0.1, -0.05) is 12.1 Å². The summed E-state index contributed by atoms with van der Waals surface area (Å²) in [6, 6.07) is 7.33. The van der Waals surface area contributed by atoms with Crippen molar-refractivity contribution in [2.24, 2.45) is 5.14 Å². The first-order chi connectivity index (χ1) is 7.38. The van der Waals surface area contributed by atoms with Gasteiger partial charge in [-0.2, -0.15) is 13.1 Å². The lowest BCUT2D eigenvalue weighted by molar-refractivity contribution is 0.223. The van der Waals surface area contributed by atoms with E-state index in [2.05, 4.69) is 20.7 Å². The number of halogens is 1. The minimum absolute atomic E-state index is 0.125. The highest BCUT2D eigenvalue weighted by atomic mass is 79.9. The van der Waals surface area contributed by atoms with Crippen LogP contribution in [-0.4, -0.2) is 21.1 Å². The largest absolute Gasteiger partial charge is 0.488 e. The standard InChI is InChI=1S/C9H13BrN2O3S/c1-7(6-12-16(11,13)14)15-9-5-3-2-4-8(9)10/h2-5,7,12H,6H2,1H3,(H2,11,13,14)/t7-/m1/s1. The summed E-state index contributed by atoms with van der Waals surface area (Å²) in [6.07, 6.45) is -0.308. The zero-order chi connectivity index (χ0) is 12.2. The number of rotatable bonds is 5. The molecule has 0 fully saturated rings. The molecule has 1 aromatic rings. The molecule has 1 atom stereocenters. The van der Waals surface area contributed by atoms with E-state index < -0.39 is 10.2 Å². The van der Waals surface area contributed by atoms with E-state index in [-0.39, 0.29) is 12.6 Å². The monoisotopic (exact) mass is 308 g/mol. The van der Waals surface area contributed by atoms with Gasteiger partial charge in [-0.15, -0.1) is 0 Å². The van der Waals surface area contributed by atoms with E-state index in [4.69, 9.17) is 9.88 Å². The summed E-state index contributed by atoms with van der Waals surface area (Å²) in [5.41, 5.74) is 0. The second-order valence-corrected chi connectivity index (χ2v) is 5.49. The Morgan fingerprint density at radius 2 is 2.12 bits per heavy atom. The minimum Gasteiger partial charge on any atom is -0.488 e. The molecule has 7 heteroatoms. The fraction of sp³-hybridized carbons (Fsp3) is 0.333. The third kappa shape index (κ3) is 4.93. The van der Waals surface area contributed by atoms with E-state index in [1.807, 2.05) is 18.2 Å². The molecule has 0 aromatic heterocycles. The molecule has 0 bridgehead atoms. The summed E-state index contributed by atoms with van der Waals surface area (Å²) in [5, 5.41) is 4.80. The van der Waals surface area contributed by atoms with Crippen LogP contribution in [0.3, 0.4) is 0 Å². The van der Waals surface area contributed by atoms with Gasteiger partial charge in [0.15, 0.2) is 0 Å². The summed E-state index contributed by atoms with van der Waals surface area (Å²) in [6.45, 7) is 1.87. The van der Waals surface area contributed by atoms with E-state index >= 15 is 0 Å². The third-order valence-electron chi connectivity index (χ3n) is 1.74. The molecule has 0 aliphatic rings. The van der Waals surface area contributed by atoms with Crippen molar-refractivity contribution in [3.63, 3.8) is 0 Å². The third-order valence-corrected chi connectivity index (χ3v) is 2.96. The highest BCUT2D eigenvalue weighted by Gasteiger charge is 2.09. The van der Waals surface area contributed by atoms with Gasteiger partial charge in [-0.3, -0.25) is 0 Å². The lowest BCUT2D eigenvalue weighted by atomic mass is 10.3. The fourth-order valence-corrected chi connectivity index (χ4v) is 1.88. The summed E-state index contributed by atoms with van der Waals surface area (Å²) in [7, 11) is -3.66. The molecule has 0 aliphatic carbocycles. The van der Waals surface area contributed by atoms with Gasteiger partial charge in [0.05, 0.1) is 4.47 Å². The van der Waals surface area contributed by atoms with Crippen molar-refractivity contribution < 1.29 is 13.2 Å². The summed E-state index contributed by atoms with van der Waals surface area (Å²) < 4.78 is 29.8. The Labute approximate surface area is 103 Å². The van der Waals surface area contributed by atoms with Gasteiger partial charge in [0.1, 0.15) is 11.9 Å². The predicted molar refractivity (Wildman–Crippen MR) is 65.3 cm³/mol. The lowest BCUT2D eigenvalue weighted by Gasteiger charge is -2.15. The number of benzene rings is 1. The number of nitrogens with two attached hydrogens (primary N) is 1. The molecule has 5 nitrogen and oxygen atoms in total. The van der Waals surface area contributed by atoms with Crippen molar-refractivity contribution >= 4 is 26.1 Å². The van der Waals surface area contributed by atoms with Crippen molar-refractivity contribution in [3.8, 4) is 5.75 Å². The van der Waals surface area contributed by atoms with E-state index in [9.17, 15) is 8.42 Å². The van der Waals surface area contributed by atoms with Gasteiger partial charge in [0.25, 0.3) is 10.2 Å². The molecular weight excluding hydrogens is 296 g/mol. The van der Waals surface area contributed by atoms with Crippen molar-refractivity contribution in [1.82, 2.24) is 4.72 Å². The smallest absolute Gasteiger partial charge is 0.274 e. The van der Waals surface area contributed by atoms with Crippen molar-refractivity contribution in [1.29, 1.82) is 0 Å². The number of hydrogen-bond donors (Lipinski definition) is 2. The quantitative estimate of drug-likeness (QED) is 0.851. The molecule has 1 aromatic carbocycles. The van der Waals surface area contributed by atoms with Crippen molar-refractivity contribution in [3.05, 3.63) is 28.7 Å². The maximum atomic E-state index is 10.7. The van der Waals surface area contributed by atoms with E-state index in [0.29, 0.717) is 5.75 Å². The number of ether oxygens (including phenoxy) is 1. The molecule has 16 heavy (non-hydrogen) atoms. The second kappa shape index (κ2) is 5.62. The van der Waals surface area contributed by atoms with E-state index in [1.54, 1.807) is 13.0 Å². The number of nitrogens with one attached hydrogen (secondary N) is 1. The van der Waals surface area contributed by atoms with Gasteiger partial charge in [-0.25, -0.2) is 5.14 Å². The predicted octanol–water partition coefficient (Wildman–Crippen LogP) is 1.01. The van der Waals surface area contributed by atoms with Crippen LogP contribution < -0.4 is 14.6 Å². The topological polar surface area (TPSA) is 81.4 Å². The van der Waals surface area contributed by atoms with Gasteiger partial charge in [-0.05, 0) is 35.0 Å². The first-order valence-corrected chi connectivity index (χ1v) is 6.91. The molecular formula is C9H13BrN2O3S. The van der Waals surface area contributed by atoms with Crippen LogP contribution in [0.4, 0.5) is 0 Å². The average molecular weight is 309 g/mol. The van der Waals surface area contributed by atoms with Crippen LogP contribution in [-0.2, 0) is 10.2 Å². The minimum atomic E-state index is -3.66. The Balaban J connectivity index is 2.52. The maximum absolute atomic E-state index is 10.7. The molecule has 0 spiro atoms. The van der Waals surface area contributed by atoms with Crippen molar-refractivity contribution in [2.75, 3.05) is 6.54 Å². The van der Waals surface area contributed by atoms with Crippen LogP contribution in [0.15, 0.2) is 28.7 Å². The van der Waals surface area contributed by atoms with Crippen LogP contribution in [0.5, 0.6) is 5.75 Å². The van der Waals surface area contributed by atoms with Crippen LogP contribution >= 0.6 is 15.9 Å². The van der Waals surface area contributed by atoms with Crippen molar-refractivity contribution in [2.45, 2.75) is 13.0 Å². The molecule has 90 valence electrons. The molecule has 3 N–H and O–H groups in total. The molecule has 0 unspecified atom stereocenters. The molecule has 0 saturated carbocycles. The zero-order valence-corrected chi connectivity index (χ0v) is 11.1. The highest BCUT2D eigenvalue weighted by molar-refractivity contribution is 9.10. The van der Waals surface area contributed by atoms with Gasteiger partial charge >= 0.3 is 0 Å². The summed E-state index contributed by atoms with van der Waals surface area (Å²) in [5.74, 6) is 0.659. The maximum Gasteiger partial charge on any atom is 0.274 e. The number of para-hydroxylation sites is 1. The normalized spacial score (nSPS) is 13.4. The lowest BCUT2D eigenvalue weighted by Crippen LogP contribution is -2.37. The van der Waals surface area contributed by atoms with E-state index in [0.717, 1.165) is 4.47 Å². The Kier molecular flexibility index (Phi) is 4.72. The SMILES string of the molecule is C[C@H](CNS(N)(=O)=O)Oc1ccccc1Br. The molecule has 0 radical (unpaired) electrons. The molecule has 0 amide bonds. The first kappa shape index (κ1) is 13.4. The Morgan fingerprint density at radius 3 is 2.69 bits per heavy atom. The fourth-order valence-electron chi connectivity index (χ4n) is 1.03. The van der Waals surface area contributed by atoms with Crippen LogP contribution in [0.1, 0.15) is 6.92 Å². The van der Waals surface area contributed by atoms with E-state index in [1.165, 1.54) is 0 Å². The average Bonchev–Trinajstić information content (AvgIpc) is 2.18. The van der Waals surface area contributed by atoms with Crippen LogP contribution in [0.2, 0.25) is 0 Å². The summed E-state index contributed by atoms with van der Waals surface area (Å²) >= 11 is 3.33. The number of hydrogen-bond acceptors (Lipinski definition) is 3. The summed E-state index contributed by atoms with van der Waals surface area (Å²) in [4.78, 5) is 0. The van der Waals surface area contributed by atoms with Crippen LogP contribution in [0, 0.1) is 0 Å². The Bertz CT molecular complexity index is 450. The second-order valence-electron chi connectivity index (χ2n) is 3.25. The Hall–Kier alpha value is -0.630. The van der Waals surface area contributed by atoms with Gasteiger partial charge in [0.2, 0.25) is 0 Å². The molecule has 0 heterocycles. The molecule has 0 saturated heterocycles. The highest BCUT2D eigenvalue weighted by Crippen LogP contribution is 2.24.